The Labute approximate surface area is 53.8 Å². The number of imidazole rings is 1. The van der Waals surface area contributed by atoms with Gasteiger partial charge < -0.3 is 9.72 Å². The van der Waals surface area contributed by atoms with Gasteiger partial charge in [-0.15, -0.1) is 13.2 Å². The number of alkyl halides is 3. The van der Waals surface area contributed by atoms with Crippen molar-refractivity contribution in [2.45, 2.75) is 6.36 Å². The highest BCUT2D eigenvalue weighted by Crippen LogP contribution is 2.18. The topological polar surface area (TPSA) is 37.9 Å². The second-order valence-electron chi connectivity index (χ2n) is 1.39. The molecule has 0 aromatic carbocycles. The number of ether oxygens (including phenoxy) is 1. The molecule has 0 saturated heterocycles. The van der Waals surface area contributed by atoms with Gasteiger partial charge in [0.1, 0.15) is 0 Å². The smallest absolute Gasteiger partial charge is 0.387 e. The molecule has 0 fully saturated rings. The molecule has 0 saturated carbocycles. The van der Waals surface area contributed by atoms with Crippen LogP contribution in [0, 0.1) is 6.20 Å². The van der Waals surface area contributed by atoms with Crippen molar-refractivity contribution in [3.63, 3.8) is 0 Å². The molecule has 0 amide bonds. The Balaban J connectivity index is 2.57. The summed E-state index contributed by atoms with van der Waals surface area (Å²) in [4.78, 5) is 5.29. The SMILES string of the molecule is FC(F)(F)Oc1[c]nc[nH]1. The van der Waals surface area contributed by atoms with Crippen molar-refractivity contribution in [2.75, 3.05) is 0 Å². The van der Waals surface area contributed by atoms with Crippen molar-refractivity contribution in [3.8, 4) is 5.88 Å². The maximum Gasteiger partial charge on any atom is 0.574 e. The summed E-state index contributed by atoms with van der Waals surface area (Å²) >= 11 is 0. The van der Waals surface area contributed by atoms with Gasteiger partial charge in [-0.3, -0.25) is 0 Å². The number of rotatable bonds is 1. The summed E-state index contributed by atoms with van der Waals surface area (Å²) in [6, 6.07) is 0. The van der Waals surface area contributed by atoms with E-state index in [1.807, 2.05) is 6.20 Å². The summed E-state index contributed by atoms with van der Waals surface area (Å²) in [5.41, 5.74) is 0. The van der Waals surface area contributed by atoms with Gasteiger partial charge in [0.05, 0.1) is 6.33 Å². The fraction of sp³-hybridized carbons (Fsp3) is 0.250. The van der Waals surface area contributed by atoms with E-state index >= 15 is 0 Å². The number of aromatic amines is 1. The molecule has 1 heterocycles. The number of halogens is 3. The molecule has 3 nitrogen and oxygen atoms in total. The summed E-state index contributed by atoms with van der Waals surface area (Å²) in [5, 5.41) is 0. The Bertz CT molecular complexity index is 193. The maximum absolute atomic E-state index is 11.3. The highest BCUT2D eigenvalue weighted by Gasteiger charge is 2.31. The first-order valence-electron chi connectivity index (χ1n) is 2.25. The van der Waals surface area contributed by atoms with Crippen LogP contribution in [-0.4, -0.2) is 16.3 Å². The van der Waals surface area contributed by atoms with E-state index in [0.717, 1.165) is 6.33 Å². The monoisotopic (exact) mass is 151 g/mol. The number of aromatic nitrogens is 2. The van der Waals surface area contributed by atoms with Gasteiger partial charge >= 0.3 is 6.36 Å². The quantitative estimate of drug-likeness (QED) is 0.652. The van der Waals surface area contributed by atoms with Gasteiger partial charge in [-0.2, -0.15) is 0 Å². The Morgan fingerprint density at radius 2 is 2.30 bits per heavy atom. The highest BCUT2D eigenvalue weighted by atomic mass is 19.4. The van der Waals surface area contributed by atoms with Crippen LogP contribution in [-0.2, 0) is 0 Å². The second kappa shape index (κ2) is 2.20. The van der Waals surface area contributed by atoms with Crippen LogP contribution in [0.25, 0.3) is 0 Å². The zero-order chi connectivity index (χ0) is 7.61. The van der Waals surface area contributed by atoms with Crippen LogP contribution in [0.15, 0.2) is 6.33 Å². The molecule has 0 unspecified atom stereocenters. The average molecular weight is 151 g/mol. The van der Waals surface area contributed by atoms with E-state index in [4.69, 9.17) is 0 Å². The number of H-pyrrole nitrogens is 1. The highest BCUT2D eigenvalue weighted by molar-refractivity contribution is 4.98. The van der Waals surface area contributed by atoms with E-state index in [9.17, 15) is 13.2 Å². The minimum atomic E-state index is -4.68. The summed E-state index contributed by atoms with van der Waals surface area (Å²) in [6.45, 7) is 0. The lowest BCUT2D eigenvalue weighted by Gasteiger charge is -2.03. The normalized spacial score (nSPS) is 11.5. The summed E-state index contributed by atoms with van der Waals surface area (Å²) in [6.07, 6.45) is -1.69. The van der Waals surface area contributed by atoms with Crippen molar-refractivity contribution in [1.82, 2.24) is 9.97 Å². The number of nitrogens with zero attached hydrogens (tertiary/aromatic N) is 1. The van der Waals surface area contributed by atoms with E-state index in [1.165, 1.54) is 0 Å². The first kappa shape index (κ1) is 6.91. The van der Waals surface area contributed by atoms with Crippen LogP contribution >= 0.6 is 0 Å². The van der Waals surface area contributed by atoms with E-state index in [-0.39, 0.29) is 0 Å². The standard InChI is InChI=1S/C4H2F3N2O/c5-4(6,7)10-3-1-8-2-9-3/h2H,(H,8,9). The lowest BCUT2D eigenvalue weighted by atomic mass is 10.8. The maximum atomic E-state index is 11.3. The summed E-state index contributed by atoms with van der Waals surface area (Å²) < 4.78 is 37.4. The van der Waals surface area contributed by atoms with Gasteiger partial charge in [0, 0.05) is 0 Å². The van der Waals surface area contributed by atoms with Crippen LogP contribution in [0.2, 0.25) is 0 Å². The predicted molar refractivity (Wildman–Crippen MR) is 24.1 cm³/mol. The molecule has 0 spiro atoms. The lowest BCUT2D eigenvalue weighted by Crippen LogP contribution is -2.17. The molecule has 1 rings (SSSR count). The molecule has 1 aromatic heterocycles. The van der Waals surface area contributed by atoms with Crippen LogP contribution in [0.1, 0.15) is 0 Å². The lowest BCUT2D eigenvalue weighted by molar-refractivity contribution is -0.276. The van der Waals surface area contributed by atoms with Gasteiger partial charge in [0.15, 0.2) is 6.20 Å². The molecular weight excluding hydrogens is 149 g/mol. The summed E-state index contributed by atoms with van der Waals surface area (Å²) in [5.74, 6) is -0.535. The van der Waals surface area contributed by atoms with E-state index < -0.39 is 12.2 Å². The van der Waals surface area contributed by atoms with E-state index in [0.29, 0.717) is 0 Å². The van der Waals surface area contributed by atoms with E-state index in [1.54, 1.807) is 0 Å². The third-order valence-corrected chi connectivity index (χ3v) is 0.644. The van der Waals surface area contributed by atoms with Crippen molar-refractivity contribution >= 4 is 0 Å². The van der Waals surface area contributed by atoms with Crippen molar-refractivity contribution in [3.05, 3.63) is 12.5 Å². The molecule has 1 radical (unpaired) electrons. The average Bonchev–Trinajstić information content (AvgIpc) is 2.12. The molecule has 0 aliphatic rings. The molecule has 0 aliphatic heterocycles. The third kappa shape index (κ3) is 1.96. The molecule has 1 aromatic rings. The summed E-state index contributed by atoms with van der Waals surface area (Å²) in [7, 11) is 0. The zero-order valence-electron chi connectivity index (χ0n) is 4.57. The first-order chi connectivity index (χ1) is 4.58. The second-order valence-corrected chi connectivity index (χ2v) is 1.39. The first-order valence-corrected chi connectivity index (χ1v) is 2.25. The van der Waals surface area contributed by atoms with Gasteiger partial charge in [-0.1, -0.05) is 0 Å². The molecule has 0 atom stereocenters. The minimum absolute atomic E-state index is 0.535. The predicted octanol–water partition coefficient (Wildman–Crippen LogP) is 1.11. The zero-order valence-corrected chi connectivity index (χ0v) is 4.57. The fourth-order valence-electron chi connectivity index (χ4n) is 0.382. The molecule has 55 valence electrons. The van der Waals surface area contributed by atoms with Gasteiger partial charge in [0.2, 0.25) is 5.88 Å². The number of nitrogens with one attached hydrogen (secondary N) is 1. The molecule has 0 bridgehead atoms. The van der Waals surface area contributed by atoms with E-state index in [2.05, 4.69) is 14.7 Å². The molecule has 0 aliphatic carbocycles. The van der Waals surface area contributed by atoms with Crippen LogP contribution < -0.4 is 4.74 Å². The van der Waals surface area contributed by atoms with Gasteiger partial charge in [0.25, 0.3) is 0 Å². The van der Waals surface area contributed by atoms with Crippen LogP contribution in [0.4, 0.5) is 13.2 Å². The van der Waals surface area contributed by atoms with Crippen LogP contribution in [0.5, 0.6) is 5.88 Å². The number of hydrogen-bond acceptors (Lipinski definition) is 2. The van der Waals surface area contributed by atoms with Crippen molar-refractivity contribution in [1.29, 1.82) is 0 Å². The van der Waals surface area contributed by atoms with Crippen molar-refractivity contribution < 1.29 is 17.9 Å². The minimum Gasteiger partial charge on any atom is -0.387 e. The molecule has 1 N–H and O–H groups in total. The Morgan fingerprint density at radius 1 is 1.60 bits per heavy atom. The Hall–Kier alpha value is -1.20. The Kier molecular flexibility index (Phi) is 1.52. The fourth-order valence-corrected chi connectivity index (χ4v) is 0.382. The van der Waals surface area contributed by atoms with Crippen LogP contribution in [0.3, 0.4) is 0 Å². The third-order valence-electron chi connectivity index (χ3n) is 0.644. The van der Waals surface area contributed by atoms with Gasteiger partial charge in [-0.05, 0) is 0 Å². The number of hydrogen-bond donors (Lipinski definition) is 1. The molecule has 6 heteroatoms. The Morgan fingerprint density at radius 3 is 2.70 bits per heavy atom. The largest absolute Gasteiger partial charge is 0.574 e. The van der Waals surface area contributed by atoms with Gasteiger partial charge in [-0.25, -0.2) is 4.98 Å². The van der Waals surface area contributed by atoms with Crippen molar-refractivity contribution in [2.24, 2.45) is 0 Å². The molecular formula is C4H2F3N2O. The molecule has 10 heavy (non-hydrogen) atoms.